The predicted molar refractivity (Wildman–Crippen MR) is 83.0 cm³/mol. The van der Waals surface area contributed by atoms with Crippen LogP contribution in [-0.4, -0.2) is 27.3 Å². The number of carbonyl (C=O) groups is 1. The molecule has 5 nitrogen and oxygen atoms in total. The Kier molecular flexibility index (Phi) is 4.44. The Bertz CT molecular complexity index is 658. The Hall–Kier alpha value is -1.86. The van der Waals surface area contributed by atoms with Crippen LogP contribution in [0.25, 0.3) is 0 Å². The number of halogens is 1. The first-order chi connectivity index (χ1) is 10.6. The molecule has 2 aromatic rings. The first kappa shape index (κ1) is 15.1. The van der Waals surface area contributed by atoms with Gasteiger partial charge in [0.1, 0.15) is 5.82 Å². The van der Waals surface area contributed by atoms with Crippen molar-refractivity contribution in [1.82, 2.24) is 14.9 Å². The van der Waals surface area contributed by atoms with Crippen molar-refractivity contribution < 1.29 is 9.18 Å². The molecule has 0 aromatic carbocycles. The SMILES string of the molecule is CC(=O)Nc1nc(C2CCCN2Cc2ccc(F)cn2)cs1. The summed E-state index contributed by atoms with van der Waals surface area (Å²) in [5.41, 5.74) is 1.83. The number of carbonyl (C=O) groups excluding carboxylic acids is 1. The molecule has 0 bridgehead atoms. The number of hydrogen-bond donors (Lipinski definition) is 1. The molecule has 1 saturated heterocycles. The lowest BCUT2D eigenvalue weighted by Crippen LogP contribution is -2.23. The van der Waals surface area contributed by atoms with Crippen molar-refractivity contribution in [2.24, 2.45) is 0 Å². The van der Waals surface area contributed by atoms with Crippen molar-refractivity contribution >= 4 is 22.4 Å². The van der Waals surface area contributed by atoms with E-state index in [9.17, 15) is 9.18 Å². The van der Waals surface area contributed by atoms with E-state index in [1.807, 2.05) is 5.38 Å². The van der Waals surface area contributed by atoms with Crippen LogP contribution >= 0.6 is 11.3 Å². The lowest BCUT2D eigenvalue weighted by atomic mass is 10.1. The maximum Gasteiger partial charge on any atom is 0.223 e. The van der Waals surface area contributed by atoms with Gasteiger partial charge in [0.05, 0.1) is 23.6 Å². The first-order valence-electron chi connectivity index (χ1n) is 7.19. The monoisotopic (exact) mass is 320 g/mol. The van der Waals surface area contributed by atoms with Crippen LogP contribution in [0.1, 0.15) is 37.2 Å². The van der Waals surface area contributed by atoms with E-state index in [2.05, 4.69) is 20.2 Å². The van der Waals surface area contributed by atoms with E-state index in [4.69, 9.17) is 0 Å². The zero-order valence-corrected chi connectivity index (χ0v) is 13.1. The molecule has 3 heterocycles. The quantitative estimate of drug-likeness (QED) is 0.941. The van der Waals surface area contributed by atoms with E-state index in [1.54, 1.807) is 6.07 Å². The predicted octanol–water partition coefficient (Wildman–Crippen LogP) is 2.97. The second-order valence-electron chi connectivity index (χ2n) is 5.35. The zero-order chi connectivity index (χ0) is 15.5. The highest BCUT2D eigenvalue weighted by atomic mass is 32.1. The van der Waals surface area contributed by atoms with Crippen molar-refractivity contribution in [2.45, 2.75) is 32.4 Å². The van der Waals surface area contributed by atoms with E-state index in [1.165, 1.54) is 30.5 Å². The van der Waals surface area contributed by atoms with Crippen LogP contribution in [0.2, 0.25) is 0 Å². The van der Waals surface area contributed by atoms with Crippen LogP contribution in [0.4, 0.5) is 9.52 Å². The van der Waals surface area contributed by atoms with Gasteiger partial charge in [-0.05, 0) is 31.5 Å². The molecule has 0 aliphatic carbocycles. The molecule has 1 atom stereocenters. The van der Waals surface area contributed by atoms with E-state index in [0.717, 1.165) is 30.8 Å². The lowest BCUT2D eigenvalue weighted by molar-refractivity contribution is -0.114. The normalized spacial score (nSPS) is 18.5. The molecule has 1 amide bonds. The van der Waals surface area contributed by atoms with Gasteiger partial charge in [0.15, 0.2) is 5.13 Å². The molecule has 3 rings (SSSR count). The smallest absolute Gasteiger partial charge is 0.223 e. The van der Waals surface area contributed by atoms with Gasteiger partial charge in [0.25, 0.3) is 0 Å². The molecule has 7 heteroatoms. The standard InChI is InChI=1S/C15H17FN4OS/c1-10(21)18-15-19-13(9-22-15)14-3-2-6-20(14)8-12-5-4-11(16)7-17-12/h4-5,7,9,14H,2-3,6,8H2,1H3,(H,18,19,21). The number of nitrogens with zero attached hydrogens (tertiary/aromatic N) is 3. The average Bonchev–Trinajstić information content (AvgIpc) is 3.10. The molecular formula is C15H17FN4OS. The summed E-state index contributed by atoms with van der Waals surface area (Å²) in [5.74, 6) is -0.430. The molecule has 0 saturated carbocycles. The average molecular weight is 320 g/mol. The minimum atomic E-state index is -0.318. The number of pyridine rings is 1. The molecule has 2 aromatic heterocycles. The fourth-order valence-corrected chi connectivity index (χ4v) is 3.51. The van der Waals surface area contributed by atoms with Crippen LogP contribution in [0, 0.1) is 5.82 Å². The highest BCUT2D eigenvalue weighted by Gasteiger charge is 2.28. The van der Waals surface area contributed by atoms with Gasteiger partial charge in [-0.1, -0.05) is 0 Å². The molecular weight excluding hydrogens is 303 g/mol. The summed E-state index contributed by atoms with van der Waals surface area (Å²) in [6.07, 6.45) is 3.38. The molecule has 1 aliphatic heterocycles. The topological polar surface area (TPSA) is 58.1 Å². The van der Waals surface area contributed by atoms with Crippen LogP contribution in [0.5, 0.6) is 0 Å². The fraction of sp³-hybridized carbons (Fsp3) is 0.400. The Morgan fingerprint density at radius 1 is 1.55 bits per heavy atom. The van der Waals surface area contributed by atoms with Gasteiger partial charge < -0.3 is 5.32 Å². The van der Waals surface area contributed by atoms with Gasteiger partial charge in [0.2, 0.25) is 5.91 Å². The summed E-state index contributed by atoms with van der Waals surface area (Å²) >= 11 is 1.44. The van der Waals surface area contributed by atoms with Crippen LogP contribution < -0.4 is 5.32 Å². The summed E-state index contributed by atoms with van der Waals surface area (Å²) in [5, 5.41) is 5.34. The van der Waals surface area contributed by atoms with Crippen molar-refractivity contribution in [1.29, 1.82) is 0 Å². The van der Waals surface area contributed by atoms with Crippen molar-refractivity contribution in [3.63, 3.8) is 0 Å². The third-order valence-corrected chi connectivity index (χ3v) is 4.44. The Morgan fingerprint density at radius 3 is 3.14 bits per heavy atom. The summed E-state index contributed by atoms with van der Waals surface area (Å²) < 4.78 is 12.9. The van der Waals surface area contributed by atoms with Gasteiger partial charge in [-0.3, -0.25) is 14.7 Å². The number of nitrogens with one attached hydrogen (secondary N) is 1. The number of hydrogen-bond acceptors (Lipinski definition) is 5. The van der Waals surface area contributed by atoms with Crippen molar-refractivity contribution in [3.05, 3.63) is 40.9 Å². The second-order valence-corrected chi connectivity index (χ2v) is 6.21. The minimum absolute atomic E-state index is 0.111. The van der Waals surface area contributed by atoms with Gasteiger partial charge in [0, 0.05) is 18.8 Å². The maximum atomic E-state index is 12.9. The van der Waals surface area contributed by atoms with E-state index in [0.29, 0.717) is 11.7 Å². The molecule has 0 radical (unpaired) electrons. The van der Waals surface area contributed by atoms with Crippen LogP contribution in [-0.2, 0) is 11.3 Å². The van der Waals surface area contributed by atoms with E-state index in [-0.39, 0.29) is 17.8 Å². The molecule has 1 N–H and O–H groups in total. The van der Waals surface area contributed by atoms with Crippen molar-refractivity contribution in [2.75, 3.05) is 11.9 Å². The summed E-state index contributed by atoms with van der Waals surface area (Å²) in [6.45, 7) is 3.12. The fourth-order valence-electron chi connectivity index (χ4n) is 2.71. The van der Waals surface area contributed by atoms with Crippen molar-refractivity contribution in [3.8, 4) is 0 Å². The molecule has 116 valence electrons. The van der Waals surface area contributed by atoms with E-state index >= 15 is 0 Å². The molecule has 1 aliphatic rings. The summed E-state index contributed by atoms with van der Waals surface area (Å²) in [6, 6.07) is 3.38. The lowest BCUT2D eigenvalue weighted by Gasteiger charge is -2.22. The Balaban J connectivity index is 1.71. The zero-order valence-electron chi connectivity index (χ0n) is 12.3. The number of rotatable bonds is 4. The molecule has 1 unspecified atom stereocenters. The number of anilines is 1. The van der Waals surface area contributed by atoms with Crippen LogP contribution in [0.15, 0.2) is 23.7 Å². The summed E-state index contributed by atoms with van der Waals surface area (Å²) in [4.78, 5) is 22.0. The van der Waals surface area contributed by atoms with Gasteiger partial charge in [-0.25, -0.2) is 9.37 Å². The largest absolute Gasteiger partial charge is 0.302 e. The number of aromatic nitrogens is 2. The summed E-state index contributed by atoms with van der Waals surface area (Å²) in [7, 11) is 0. The molecule has 0 spiro atoms. The Morgan fingerprint density at radius 2 is 2.41 bits per heavy atom. The van der Waals surface area contributed by atoms with E-state index < -0.39 is 0 Å². The highest BCUT2D eigenvalue weighted by Crippen LogP contribution is 2.34. The number of thiazole rings is 1. The third kappa shape index (κ3) is 3.48. The van der Waals surface area contributed by atoms with Gasteiger partial charge in [-0.15, -0.1) is 11.3 Å². The maximum absolute atomic E-state index is 12.9. The Labute approximate surface area is 132 Å². The number of likely N-dealkylation sites (tertiary alicyclic amines) is 1. The third-order valence-electron chi connectivity index (χ3n) is 3.66. The van der Waals surface area contributed by atoms with Crippen LogP contribution in [0.3, 0.4) is 0 Å². The first-order valence-corrected chi connectivity index (χ1v) is 8.07. The second kappa shape index (κ2) is 6.50. The highest BCUT2D eigenvalue weighted by molar-refractivity contribution is 7.13. The molecule has 1 fully saturated rings. The van der Waals surface area contributed by atoms with Gasteiger partial charge >= 0.3 is 0 Å². The number of amides is 1. The minimum Gasteiger partial charge on any atom is -0.302 e. The van der Waals surface area contributed by atoms with Gasteiger partial charge in [-0.2, -0.15) is 0 Å². The molecule has 22 heavy (non-hydrogen) atoms.